The van der Waals surface area contributed by atoms with Crippen LogP contribution < -0.4 is 15.4 Å². The van der Waals surface area contributed by atoms with Crippen molar-refractivity contribution in [1.82, 2.24) is 20.2 Å². The van der Waals surface area contributed by atoms with Crippen molar-refractivity contribution in [1.29, 1.82) is 0 Å². The predicted molar refractivity (Wildman–Crippen MR) is 125 cm³/mol. The van der Waals surface area contributed by atoms with Crippen LogP contribution in [0.15, 0.2) is 36.7 Å². The molecule has 1 aliphatic rings. The van der Waals surface area contributed by atoms with Crippen LogP contribution in [0.2, 0.25) is 5.02 Å². The molecule has 0 atom stereocenters. The summed E-state index contributed by atoms with van der Waals surface area (Å²) >= 11 is 5.84. The van der Waals surface area contributed by atoms with Crippen molar-refractivity contribution in [3.8, 4) is 5.75 Å². The number of anilines is 2. The first-order chi connectivity index (χ1) is 16.0. The predicted octanol–water partition coefficient (Wildman–Crippen LogP) is 4.14. The highest BCUT2D eigenvalue weighted by molar-refractivity contribution is 6.31. The van der Waals surface area contributed by atoms with Crippen LogP contribution in [0.1, 0.15) is 12.8 Å². The van der Waals surface area contributed by atoms with E-state index in [2.05, 4.69) is 25.5 Å². The summed E-state index contributed by atoms with van der Waals surface area (Å²) in [5.74, 6) is -0.0300. The summed E-state index contributed by atoms with van der Waals surface area (Å²) in [7, 11) is 0. The van der Waals surface area contributed by atoms with Gasteiger partial charge in [-0.1, -0.05) is 11.6 Å². The second-order valence-electron chi connectivity index (χ2n) is 7.72. The van der Waals surface area contributed by atoms with Crippen molar-refractivity contribution in [2.75, 3.05) is 44.6 Å². The minimum Gasteiger partial charge on any atom is -0.487 e. The van der Waals surface area contributed by atoms with Crippen molar-refractivity contribution >= 4 is 39.7 Å². The molecular formula is C22H24ClFN6O3. The lowest BCUT2D eigenvalue weighted by atomic mass is 10.2. The highest BCUT2D eigenvalue weighted by Crippen LogP contribution is 2.35. The molecule has 0 saturated carbocycles. The number of nitrogens with one attached hydrogen (secondary N) is 2. The Balaban J connectivity index is 1.47. The summed E-state index contributed by atoms with van der Waals surface area (Å²) in [6.45, 7) is 5.46. The number of piperazine rings is 1. The van der Waals surface area contributed by atoms with E-state index < -0.39 is 10.7 Å². The van der Waals surface area contributed by atoms with Gasteiger partial charge in [-0.2, -0.15) is 0 Å². The second kappa shape index (κ2) is 10.7. The quantitative estimate of drug-likeness (QED) is 0.271. The standard InChI is InChI=1S/C22H24ClFN6O3/c23-17-11-15(3-4-18(17)24)28-22-16-12-20(30(31)32)21(13-19(16)26-14-27-22)33-10-2-1-7-29-8-5-25-6-9-29/h3-4,11-14,25H,1-2,5-10H2,(H,26,27,28). The lowest BCUT2D eigenvalue weighted by Crippen LogP contribution is -2.43. The molecule has 0 spiro atoms. The smallest absolute Gasteiger partial charge is 0.311 e. The first-order valence-electron chi connectivity index (χ1n) is 10.7. The van der Waals surface area contributed by atoms with Crippen LogP contribution in [0.4, 0.5) is 21.6 Å². The van der Waals surface area contributed by atoms with E-state index in [0.29, 0.717) is 29.0 Å². The maximum atomic E-state index is 13.4. The van der Waals surface area contributed by atoms with Gasteiger partial charge in [0.1, 0.15) is 18.0 Å². The van der Waals surface area contributed by atoms with Gasteiger partial charge in [0.15, 0.2) is 5.75 Å². The minimum absolute atomic E-state index is 0.0445. The SMILES string of the molecule is O=[N+]([O-])c1cc2c(Nc3ccc(F)c(Cl)c3)ncnc2cc1OCCCCN1CCNCC1. The molecule has 9 nitrogen and oxygen atoms in total. The van der Waals surface area contributed by atoms with E-state index in [4.69, 9.17) is 16.3 Å². The maximum absolute atomic E-state index is 13.4. The molecule has 0 bridgehead atoms. The molecule has 0 aliphatic carbocycles. The van der Waals surface area contributed by atoms with E-state index in [1.54, 1.807) is 6.07 Å². The number of unbranched alkanes of at least 4 members (excludes halogenated alkanes) is 1. The number of halogens is 2. The third-order valence-electron chi connectivity index (χ3n) is 5.43. The van der Waals surface area contributed by atoms with Gasteiger partial charge >= 0.3 is 5.69 Å². The number of aromatic nitrogens is 2. The number of ether oxygens (including phenoxy) is 1. The van der Waals surface area contributed by atoms with Gasteiger partial charge in [-0.25, -0.2) is 14.4 Å². The van der Waals surface area contributed by atoms with E-state index in [-0.39, 0.29) is 16.5 Å². The van der Waals surface area contributed by atoms with E-state index in [1.165, 1.54) is 30.6 Å². The van der Waals surface area contributed by atoms with Gasteiger partial charge in [0.2, 0.25) is 0 Å². The van der Waals surface area contributed by atoms with Crippen LogP contribution in [0.25, 0.3) is 10.9 Å². The summed E-state index contributed by atoms with van der Waals surface area (Å²) in [4.78, 5) is 22.0. The van der Waals surface area contributed by atoms with Crippen LogP contribution in [0, 0.1) is 15.9 Å². The number of hydrogen-bond donors (Lipinski definition) is 2. The molecule has 174 valence electrons. The highest BCUT2D eigenvalue weighted by atomic mass is 35.5. The summed E-state index contributed by atoms with van der Waals surface area (Å²) in [6, 6.07) is 7.08. The van der Waals surface area contributed by atoms with Gasteiger partial charge < -0.3 is 20.3 Å². The minimum atomic E-state index is -0.542. The molecule has 0 radical (unpaired) electrons. The molecule has 1 aromatic heterocycles. The number of benzene rings is 2. The largest absolute Gasteiger partial charge is 0.487 e. The zero-order valence-corrected chi connectivity index (χ0v) is 18.6. The van der Waals surface area contributed by atoms with Crippen LogP contribution in [0.3, 0.4) is 0 Å². The first-order valence-corrected chi connectivity index (χ1v) is 11.1. The topological polar surface area (TPSA) is 105 Å². The van der Waals surface area contributed by atoms with Crippen LogP contribution >= 0.6 is 11.6 Å². The Morgan fingerprint density at radius 1 is 1.21 bits per heavy atom. The average molecular weight is 475 g/mol. The van der Waals surface area contributed by atoms with E-state index >= 15 is 0 Å². The maximum Gasteiger partial charge on any atom is 0.311 e. The van der Waals surface area contributed by atoms with Crippen LogP contribution in [-0.2, 0) is 0 Å². The zero-order valence-electron chi connectivity index (χ0n) is 17.9. The fourth-order valence-corrected chi connectivity index (χ4v) is 3.88. The van der Waals surface area contributed by atoms with Crippen molar-refractivity contribution in [3.63, 3.8) is 0 Å². The van der Waals surface area contributed by atoms with Gasteiger partial charge in [-0.15, -0.1) is 0 Å². The number of rotatable bonds is 9. The fraction of sp³-hybridized carbons (Fsp3) is 0.364. The number of fused-ring (bicyclic) bond motifs is 1. The molecule has 2 N–H and O–H groups in total. The second-order valence-corrected chi connectivity index (χ2v) is 8.12. The summed E-state index contributed by atoms with van der Waals surface area (Å²) in [5, 5.41) is 18.4. The number of nitro groups is 1. The van der Waals surface area contributed by atoms with Crippen molar-refractivity contribution in [2.24, 2.45) is 0 Å². The van der Waals surface area contributed by atoms with Crippen molar-refractivity contribution in [2.45, 2.75) is 12.8 Å². The average Bonchev–Trinajstić information content (AvgIpc) is 2.81. The van der Waals surface area contributed by atoms with E-state index in [0.717, 1.165) is 45.6 Å². The Labute approximate surface area is 195 Å². The molecule has 1 saturated heterocycles. The van der Waals surface area contributed by atoms with Gasteiger partial charge in [0.05, 0.1) is 27.5 Å². The molecule has 1 aliphatic heterocycles. The third-order valence-corrected chi connectivity index (χ3v) is 5.72. The lowest BCUT2D eigenvalue weighted by molar-refractivity contribution is -0.385. The Morgan fingerprint density at radius 2 is 2.03 bits per heavy atom. The van der Waals surface area contributed by atoms with Gasteiger partial charge in [0, 0.05) is 44.0 Å². The Hall–Kier alpha value is -3.08. The molecule has 11 heteroatoms. The Bertz CT molecular complexity index is 1140. The zero-order chi connectivity index (χ0) is 23.2. The summed E-state index contributed by atoms with van der Waals surface area (Å²) in [5.41, 5.74) is 0.815. The molecule has 2 heterocycles. The van der Waals surface area contributed by atoms with Gasteiger partial charge in [-0.3, -0.25) is 10.1 Å². The molecule has 33 heavy (non-hydrogen) atoms. The lowest BCUT2D eigenvalue weighted by Gasteiger charge is -2.26. The number of nitrogens with zero attached hydrogens (tertiary/aromatic N) is 4. The molecule has 3 aromatic rings. The first kappa shape index (κ1) is 23.1. The monoisotopic (exact) mass is 474 g/mol. The molecule has 1 fully saturated rings. The molecular weight excluding hydrogens is 451 g/mol. The number of hydrogen-bond acceptors (Lipinski definition) is 8. The van der Waals surface area contributed by atoms with E-state index in [9.17, 15) is 14.5 Å². The summed E-state index contributed by atoms with van der Waals surface area (Å²) < 4.78 is 19.2. The van der Waals surface area contributed by atoms with Gasteiger partial charge in [-0.05, 0) is 37.6 Å². The van der Waals surface area contributed by atoms with Crippen molar-refractivity contribution in [3.05, 3.63) is 57.6 Å². The fourth-order valence-electron chi connectivity index (χ4n) is 3.70. The van der Waals surface area contributed by atoms with Crippen molar-refractivity contribution < 1.29 is 14.1 Å². The van der Waals surface area contributed by atoms with E-state index in [1.807, 2.05) is 0 Å². The molecule has 4 rings (SSSR count). The molecule has 2 aromatic carbocycles. The summed E-state index contributed by atoms with van der Waals surface area (Å²) in [6.07, 6.45) is 3.09. The highest BCUT2D eigenvalue weighted by Gasteiger charge is 2.19. The molecule has 0 amide bonds. The molecule has 0 unspecified atom stereocenters. The third kappa shape index (κ3) is 5.84. The normalized spacial score (nSPS) is 14.4. The number of nitro benzene ring substituents is 1. The van der Waals surface area contributed by atoms with Crippen LogP contribution in [0.5, 0.6) is 5.75 Å². The van der Waals surface area contributed by atoms with Gasteiger partial charge in [0.25, 0.3) is 0 Å². The Morgan fingerprint density at radius 3 is 2.79 bits per heavy atom. The van der Waals surface area contributed by atoms with Crippen LogP contribution in [-0.4, -0.2) is 59.1 Å². The Kier molecular flexibility index (Phi) is 7.48.